The molecule has 1 aliphatic carbocycles. The zero-order chi connectivity index (χ0) is 11.7. The lowest BCUT2D eigenvalue weighted by Gasteiger charge is -2.21. The monoisotopic (exact) mass is 217 g/mol. The Hall–Kier alpha value is -2.33. The van der Waals surface area contributed by atoms with E-state index in [2.05, 4.69) is 6.07 Å². The summed E-state index contributed by atoms with van der Waals surface area (Å²) in [7, 11) is 0. The minimum atomic E-state index is -0.613. The molecule has 0 aliphatic heterocycles. The van der Waals surface area contributed by atoms with Crippen LogP contribution in [-0.2, 0) is 5.41 Å². The van der Waals surface area contributed by atoms with E-state index in [0.717, 1.165) is 16.7 Å². The molecule has 2 aromatic rings. The largest absolute Gasteiger partial charge is 0.197 e. The molecule has 1 nitrogen and oxygen atoms in total. The molecule has 3 rings (SSSR count). The van der Waals surface area contributed by atoms with Gasteiger partial charge in [-0.05, 0) is 16.7 Å². The second-order valence-electron chi connectivity index (χ2n) is 4.21. The molecular weight excluding hydrogens is 206 g/mol. The maximum Gasteiger partial charge on any atom is 0.126 e. The molecule has 0 aromatic heterocycles. The Labute approximate surface area is 101 Å². The van der Waals surface area contributed by atoms with Gasteiger partial charge in [0.1, 0.15) is 5.41 Å². The van der Waals surface area contributed by atoms with Crippen molar-refractivity contribution in [2.45, 2.75) is 5.41 Å². The summed E-state index contributed by atoms with van der Waals surface area (Å²) >= 11 is 0. The molecule has 0 amide bonds. The second-order valence-corrected chi connectivity index (χ2v) is 4.21. The molecule has 0 fully saturated rings. The minimum absolute atomic E-state index is 0.613. The highest BCUT2D eigenvalue weighted by Gasteiger charge is 2.36. The number of rotatable bonds is 1. The van der Waals surface area contributed by atoms with Crippen LogP contribution in [0.25, 0.3) is 6.08 Å². The fourth-order valence-corrected chi connectivity index (χ4v) is 2.42. The first-order valence-corrected chi connectivity index (χ1v) is 5.62. The number of nitriles is 1. The summed E-state index contributed by atoms with van der Waals surface area (Å²) < 4.78 is 0. The summed E-state index contributed by atoms with van der Waals surface area (Å²) in [5.41, 5.74) is 2.63. The zero-order valence-corrected chi connectivity index (χ0v) is 9.30. The van der Waals surface area contributed by atoms with E-state index >= 15 is 0 Å². The second kappa shape index (κ2) is 3.61. The van der Waals surface area contributed by atoms with Crippen molar-refractivity contribution in [2.75, 3.05) is 0 Å². The molecule has 1 atom stereocenters. The standard InChI is InChI=1S/C16H11N/c17-12-16(14-7-2-1-3-8-14)11-10-13-6-4-5-9-15(13)16/h1-11H/t16-/m1/s1. The summed E-state index contributed by atoms with van der Waals surface area (Å²) in [5.74, 6) is 0. The number of nitrogens with zero attached hydrogens (tertiary/aromatic N) is 1. The Balaban J connectivity index is 2.27. The molecule has 80 valence electrons. The topological polar surface area (TPSA) is 23.8 Å². The number of allylic oxidation sites excluding steroid dienone is 1. The van der Waals surface area contributed by atoms with E-state index in [1.54, 1.807) is 0 Å². The van der Waals surface area contributed by atoms with Crippen molar-refractivity contribution in [3.8, 4) is 6.07 Å². The molecule has 0 saturated heterocycles. The van der Waals surface area contributed by atoms with Crippen LogP contribution in [0.4, 0.5) is 0 Å². The van der Waals surface area contributed by atoms with Crippen LogP contribution in [0.1, 0.15) is 16.7 Å². The molecule has 0 bridgehead atoms. The maximum atomic E-state index is 9.62. The van der Waals surface area contributed by atoms with E-state index in [0.29, 0.717) is 0 Å². The minimum Gasteiger partial charge on any atom is -0.197 e. The summed E-state index contributed by atoms with van der Waals surface area (Å²) in [6, 6.07) is 20.5. The molecule has 1 heteroatoms. The lowest BCUT2D eigenvalue weighted by molar-refractivity contribution is 0.849. The van der Waals surface area contributed by atoms with Crippen molar-refractivity contribution in [3.63, 3.8) is 0 Å². The predicted molar refractivity (Wildman–Crippen MR) is 68.3 cm³/mol. The van der Waals surface area contributed by atoms with Gasteiger partial charge in [0.25, 0.3) is 0 Å². The fraction of sp³-hybridized carbons (Fsp3) is 0.0625. The lowest BCUT2D eigenvalue weighted by Crippen LogP contribution is -2.20. The van der Waals surface area contributed by atoms with E-state index < -0.39 is 5.41 Å². The summed E-state index contributed by atoms with van der Waals surface area (Å²) in [6.45, 7) is 0. The van der Waals surface area contributed by atoms with Crippen LogP contribution >= 0.6 is 0 Å². The number of hydrogen-bond donors (Lipinski definition) is 0. The van der Waals surface area contributed by atoms with Crippen molar-refractivity contribution in [2.24, 2.45) is 0 Å². The number of hydrogen-bond acceptors (Lipinski definition) is 1. The SMILES string of the molecule is N#C[C@@]1(c2ccccc2)C=Cc2ccccc21. The Kier molecular flexibility index (Phi) is 2.09. The number of fused-ring (bicyclic) bond motifs is 1. The van der Waals surface area contributed by atoms with Gasteiger partial charge in [0.2, 0.25) is 0 Å². The van der Waals surface area contributed by atoms with Crippen LogP contribution in [0.3, 0.4) is 0 Å². The molecule has 1 aliphatic rings. The summed E-state index contributed by atoms with van der Waals surface area (Å²) in [6.07, 6.45) is 4.03. The normalized spacial score (nSPS) is 20.9. The van der Waals surface area contributed by atoms with Gasteiger partial charge in [-0.3, -0.25) is 0 Å². The number of benzene rings is 2. The maximum absolute atomic E-state index is 9.62. The zero-order valence-electron chi connectivity index (χ0n) is 9.30. The first kappa shape index (κ1) is 9.86. The highest BCUT2D eigenvalue weighted by atomic mass is 14.4. The Bertz CT molecular complexity index is 619. The van der Waals surface area contributed by atoms with E-state index in [9.17, 15) is 5.26 Å². The molecule has 0 radical (unpaired) electrons. The van der Waals surface area contributed by atoms with Gasteiger partial charge in [0, 0.05) is 0 Å². The lowest BCUT2D eigenvalue weighted by atomic mass is 9.78. The molecule has 0 spiro atoms. The highest BCUT2D eigenvalue weighted by Crippen LogP contribution is 2.40. The molecule has 0 unspecified atom stereocenters. The van der Waals surface area contributed by atoms with Crippen molar-refractivity contribution >= 4 is 6.08 Å². The van der Waals surface area contributed by atoms with E-state index in [1.165, 1.54) is 0 Å². The molecule has 0 N–H and O–H groups in total. The van der Waals surface area contributed by atoms with Crippen LogP contribution in [-0.4, -0.2) is 0 Å². The molecule has 0 saturated carbocycles. The van der Waals surface area contributed by atoms with Crippen LogP contribution in [0.2, 0.25) is 0 Å². The average Bonchev–Trinajstić information content (AvgIpc) is 2.80. The van der Waals surface area contributed by atoms with Crippen LogP contribution in [0, 0.1) is 11.3 Å². The Morgan fingerprint density at radius 1 is 0.882 bits per heavy atom. The van der Waals surface area contributed by atoms with Crippen LogP contribution in [0.15, 0.2) is 60.7 Å². The summed E-state index contributed by atoms with van der Waals surface area (Å²) in [5, 5.41) is 9.62. The van der Waals surface area contributed by atoms with Gasteiger partial charge in [0.15, 0.2) is 0 Å². The van der Waals surface area contributed by atoms with E-state index in [4.69, 9.17) is 0 Å². The van der Waals surface area contributed by atoms with Crippen molar-refractivity contribution < 1.29 is 0 Å². The van der Waals surface area contributed by atoms with Gasteiger partial charge in [-0.1, -0.05) is 66.7 Å². The highest BCUT2D eigenvalue weighted by molar-refractivity contribution is 5.71. The molecule has 17 heavy (non-hydrogen) atoms. The van der Waals surface area contributed by atoms with Gasteiger partial charge in [-0.2, -0.15) is 5.26 Å². The predicted octanol–water partition coefficient (Wildman–Crippen LogP) is 3.52. The Morgan fingerprint density at radius 3 is 2.35 bits per heavy atom. The third kappa shape index (κ3) is 1.31. The van der Waals surface area contributed by atoms with Gasteiger partial charge < -0.3 is 0 Å². The van der Waals surface area contributed by atoms with Crippen molar-refractivity contribution in [1.82, 2.24) is 0 Å². The van der Waals surface area contributed by atoms with Gasteiger partial charge in [-0.25, -0.2) is 0 Å². The van der Waals surface area contributed by atoms with Gasteiger partial charge in [-0.15, -0.1) is 0 Å². The van der Waals surface area contributed by atoms with Crippen LogP contribution < -0.4 is 0 Å². The average molecular weight is 217 g/mol. The van der Waals surface area contributed by atoms with E-state index in [-0.39, 0.29) is 0 Å². The van der Waals surface area contributed by atoms with Crippen molar-refractivity contribution in [1.29, 1.82) is 5.26 Å². The van der Waals surface area contributed by atoms with E-state index in [1.807, 2.05) is 66.7 Å². The first-order chi connectivity index (χ1) is 8.37. The third-order valence-corrected chi connectivity index (χ3v) is 3.30. The first-order valence-electron chi connectivity index (χ1n) is 5.62. The molecular formula is C16H11N. The third-order valence-electron chi connectivity index (χ3n) is 3.30. The fourth-order valence-electron chi connectivity index (χ4n) is 2.42. The van der Waals surface area contributed by atoms with Gasteiger partial charge in [0.05, 0.1) is 6.07 Å². The van der Waals surface area contributed by atoms with Crippen LogP contribution in [0.5, 0.6) is 0 Å². The smallest absolute Gasteiger partial charge is 0.126 e. The molecule has 0 heterocycles. The quantitative estimate of drug-likeness (QED) is 0.717. The van der Waals surface area contributed by atoms with Crippen molar-refractivity contribution in [3.05, 3.63) is 77.4 Å². The molecule has 2 aromatic carbocycles. The Morgan fingerprint density at radius 2 is 1.59 bits per heavy atom. The van der Waals surface area contributed by atoms with Gasteiger partial charge >= 0.3 is 0 Å². The summed E-state index contributed by atoms with van der Waals surface area (Å²) in [4.78, 5) is 0.